The number of anilines is 1. The maximum Gasteiger partial charge on any atom is 0.407 e. The van der Waals surface area contributed by atoms with Crippen molar-refractivity contribution in [2.75, 3.05) is 24.5 Å². The topological polar surface area (TPSA) is 67.4 Å². The van der Waals surface area contributed by atoms with E-state index in [4.69, 9.17) is 9.72 Å². The first-order valence-electron chi connectivity index (χ1n) is 10.4. The Morgan fingerprint density at radius 2 is 2.00 bits per heavy atom. The molecule has 1 saturated heterocycles. The second kappa shape index (κ2) is 10.3. The number of rotatable bonds is 7. The van der Waals surface area contributed by atoms with Gasteiger partial charge in [0.1, 0.15) is 23.2 Å². The number of amides is 1. The van der Waals surface area contributed by atoms with Crippen LogP contribution in [0.4, 0.5) is 15.0 Å². The Labute approximate surface area is 185 Å². The number of hydrogen-bond donors (Lipinski definition) is 1. The van der Waals surface area contributed by atoms with Gasteiger partial charge in [0.2, 0.25) is 0 Å². The van der Waals surface area contributed by atoms with Crippen LogP contribution in [0.2, 0.25) is 0 Å². The van der Waals surface area contributed by atoms with Crippen LogP contribution in [0.25, 0.3) is 11.3 Å². The SMILES string of the molecule is O=C(NCCC1CCN(c2cccc(-c3ccc(F)cc3)n2)CC1)OCc1nccs1. The average molecular weight is 441 g/mol. The van der Waals surface area contributed by atoms with Gasteiger partial charge in [0.25, 0.3) is 0 Å². The summed E-state index contributed by atoms with van der Waals surface area (Å²) in [5.74, 6) is 1.27. The van der Waals surface area contributed by atoms with Crippen molar-refractivity contribution in [2.45, 2.75) is 25.9 Å². The van der Waals surface area contributed by atoms with Gasteiger partial charge < -0.3 is 15.0 Å². The van der Waals surface area contributed by atoms with Crippen LogP contribution in [0.15, 0.2) is 54.0 Å². The van der Waals surface area contributed by atoms with E-state index in [0.717, 1.165) is 54.4 Å². The number of thiazole rings is 1. The second-order valence-electron chi connectivity index (χ2n) is 7.54. The minimum atomic E-state index is -0.394. The number of piperidine rings is 1. The highest BCUT2D eigenvalue weighted by atomic mass is 32.1. The number of alkyl carbamates (subject to hydrolysis) is 1. The summed E-state index contributed by atoms with van der Waals surface area (Å²) in [7, 11) is 0. The summed E-state index contributed by atoms with van der Waals surface area (Å²) < 4.78 is 18.3. The summed E-state index contributed by atoms with van der Waals surface area (Å²) in [6.45, 7) is 2.68. The van der Waals surface area contributed by atoms with Crippen molar-refractivity contribution in [2.24, 2.45) is 5.92 Å². The molecule has 1 N–H and O–H groups in total. The van der Waals surface area contributed by atoms with Crippen LogP contribution in [0.5, 0.6) is 0 Å². The van der Waals surface area contributed by atoms with Crippen LogP contribution in [0, 0.1) is 11.7 Å². The highest BCUT2D eigenvalue weighted by Crippen LogP contribution is 2.26. The number of nitrogens with zero attached hydrogens (tertiary/aromatic N) is 3. The fraction of sp³-hybridized carbons (Fsp3) is 0.348. The number of carbonyl (C=O) groups is 1. The van der Waals surface area contributed by atoms with Crippen LogP contribution < -0.4 is 10.2 Å². The lowest BCUT2D eigenvalue weighted by atomic mass is 9.93. The summed E-state index contributed by atoms with van der Waals surface area (Å²) in [6.07, 6.45) is 4.34. The van der Waals surface area contributed by atoms with Gasteiger partial charge in [0.05, 0.1) is 5.69 Å². The molecule has 3 aromatic rings. The molecular weight excluding hydrogens is 415 g/mol. The quantitative estimate of drug-likeness (QED) is 0.567. The third-order valence-electron chi connectivity index (χ3n) is 5.45. The lowest BCUT2D eigenvalue weighted by Gasteiger charge is -2.33. The third-order valence-corrected chi connectivity index (χ3v) is 6.20. The van der Waals surface area contributed by atoms with Gasteiger partial charge in [-0.2, -0.15) is 0 Å². The van der Waals surface area contributed by atoms with Gasteiger partial charge in [-0.3, -0.25) is 0 Å². The maximum atomic E-state index is 13.2. The van der Waals surface area contributed by atoms with Crippen LogP contribution in [-0.4, -0.2) is 35.7 Å². The molecule has 1 amide bonds. The molecule has 0 atom stereocenters. The monoisotopic (exact) mass is 440 g/mol. The average Bonchev–Trinajstić information content (AvgIpc) is 3.33. The molecule has 1 aliphatic heterocycles. The van der Waals surface area contributed by atoms with E-state index in [1.807, 2.05) is 23.6 Å². The summed E-state index contributed by atoms with van der Waals surface area (Å²) in [5, 5.41) is 5.48. The lowest BCUT2D eigenvalue weighted by Crippen LogP contribution is -2.35. The van der Waals surface area contributed by atoms with E-state index in [-0.39, 0.29) is 12.4 Å². The van der Waals surface area contributed by atoms with Gasteiger partial charge in [-0.1, -0.05) is 6.07 Å². The first kappa shape index (κ1) is 21.2. The van der Waals surface area contributed by atoms with Crippen molar-refractivity contribution in [1.29, 1.82) is 0 Å². The zero-order valence-corrected chi connectivity index (χ0v) is 18.0. The van der Waals surface area contributed by atoms with Crippen molar-refractivity contribution in [3.63, 3.8) is 0 Å². The van der Waals surface area contributed by atoms with E-state index in [2.05, 4.69) is 15.2 Å². The molecule has 162 valence electrons. The third kappa shape index (κ3) is 6.01. The summed E-state index contributed by atoms with van der Waals surface area (Å²) in [4.78, 5) is 22.9. The predicted octanol–water partition coefficient (Wildman–Crippen LogP) is 4.88. The highest BCUT2D eigenvalue weighted by molar-refractivity contribution is 7.09. The number of ether oxygens (including phenoxy) is 1. The Morgan fingerprint density at radius 3 is 2.74 bits per heavy atom. The van der Waals surface area contributed by atoms with Crippen LogP contribution in [0.3, 0.4) is 0 Å². The number of carbonyl (C=O) groups excluding carboxylic acids is 1. The molecule has 1 fully saturated rings. The molecule has 0 bridgehead atoms. The van der Waals surface area contributed by atoms with E-state index < -0.39 is 6.09 Å². The van der Waals surface area contributed by atoms with Crippen LogP contribution in [-0.2, 0) is 11.3 Å². The number of nitrogens with one attached hydrogen (secondary N) is 1. The molecule has 31 heavy (non-hydrogen) atoms. The van der Waals surface area contributed by atoms with Gasteiger partial charge >= 0.3 is 6.09 Å². The van der Waals surface area contributed by atoms with Crippen molar-refractivity contribution in [1.82, 2.24) is 15.3 Å². The minimum absolute atomic E-state index is 0.214. The Balaban J connectivity index is 1.20. The molecule has 0 spiro atoms. The number of halogens is 1. The Morgan fingerprint density at radius 1 is 1.19 bits per heavy atom. The molecule has 8 heteroatoms. The van der Waals surface area contributed by atoms with Crippen molar-refractivity contribution < 1.29 is 13.9 Å². The van der Waals surface area contributed by atoms with Crippen LogP contribution >= 0.6 is 11.3 Å². The van der Waals surface area contributed by atoms with E-state index in [9.17, 15) is 9.18 Å². The first-order valence-corrected chi connectivity index (χ1v) is 11.3. The number of pyridine rings is 1. The predicted molar refractivity (Wildman–Crippen MR) is 119 cm³/mol. The molecule has 1 aliphatic rings. The zero-order valence-electron chi connectivity index (χ0n) is 17.2. The maximum absolute atomic E-state index is 13.2. The molecule has 4 rings (SSSR count). The number of benzene rings is 1. The van der Waals surface area contributed by atoms with Gasteiger partial charge in [-0.05, 0) is 61.6 Å². The summed E-state index contributed by atoms with van der Waals surface area (Å²) >= 11 is 1.47. The van der Waals surface area contributed by atoms with E-state index in [0.29, 0.717) is 12.5 Å². The lowest BCUT2D eigenvalue weighted by molar-refractivity contribution is 0.138. The number of hydrogen-bond acceptors (Lipinski definition) is 6. The van der Waals surface area contributed by atoms with Crippen molar-refractivity contribution in [3.8, 4) is 11.3 Å². The van der Waals surface area contributed by atoms with E-state index in [1.165, 1.54) is 23.5 Å². The van der Waals surface area contributed by atoms with Crippen molar-refractivity contribution >= 4 is 23.2 Å². The Kier molecular flexibility index (Phi) is 7.09. The van der Waals surface area contributed by atoms with E-state index in [1.54, 1.807) is 18.3 Å². The molecular formula is C23H25FN4O2S. The van der Waals surface area contributed by atoms with Gasteiger partial charge in [0.15, 0.2) is 0 Å². The Hall–Kier alpha value is -3.00. The summed E-state index contributed by atoms with van der Waals surface area (Å²) in [5.41, 5.74) is 1.76. The largest absolute Gasteiger partial charge is 0.442 e. The second-order valence-corrected chi connectivity index (χ2v) is 8.51. The fourth-order valence-corrected chi connectivity index (χ4v) is 4.24. The van der Waals surface area contributed by atoms with E-state index >= 15 is 0 Å². The molecule has 0 radical (unpaired) electrons. The molecule has 6 nitrogen and oxygen atoms in total. The normalized spacial score (nSPS) is 14.4. The van der Waals surface area contributed by atoms with Gasteiger partial charge in [0, 0.05) is 36.8 Å². The smallest absolute Gasteiger partial charge is 0.407 e. The minimum Gasteiger partial charge on any atom is -0.442 e. The molecule has 0 unspecified atom stereocenters. The standard InChI is InChI=1S/C23H25FN4O2S/c24-19-6-4-18(5-7-19)20-2-1-3-21(27-20)28-13-9-17(10-14-28)8-11-26-23(29)30-16-22-25-12-15-31-22/h1-7,12,15,17H,8-11,13-14,16H2,(H,26,29). The highest BCUT2D eigenvalue weighted by Gasteiger charge is 2.20. The first-order chi connectivity index (χ1) is 15.2. The molecule has 0 saturated carbocycles. The molecule has 2 aromatic heterocycles. The fourth-order valence-electron chi connectivity index (χ4n) is 3.71. The Bertz CT molecular complexity index is 974. The molecule has 3 heterocycles. The molecule has 0 aliphatic carbocycles. The summed E-state index contributed by atoms with van der Waals surface area (Å²) in [6, 6.07) is 12.4. The zero-order chi connectivity index (χ0) is 21.5. The van der Waals surface area contributed by atoms with Crippen LogP contribution in [0.1, 0.15) is 24.3 Å². The molecule has 1 aromatic carbocycles. The van der Waals surface area contributed by atoms with Gasteiger partial charge in [-0.15, -0.1) is 11.3 Å². The number of aromatic nitrogens is 2. The van der Waals surface area contributed by atoms with Crippen molar-refractivity contribution in [3.05, 3.63) is 64.9 Å². The van der Waals surface area contributed by atoms with Gasteiger partial charge in [-0.25, -0.2) is 19.2 Å².